The van der Waals surface area contributed by atoms with Gasteiger partial charge in [0.25, 0.3) is 0 Å². The van der Waals surface area contributed by atoms with Gasteiger partial charge in [-0.05, 0) is 107 Å². The third-order valence-corrected chi connectivity index (χ3v) is 12.3. The van der Waals surface area contributed by atoms with Gasteiger partial charge in [-0.3, -0.25) is 0 Å². The van der Waals surface area contributed by atoms with E-state index < -0.39 is 0 Å². The smallest absolute Gasteiger partial charge is 0.0677 e. The zero-order valence-corrected chi connectivity index (χ0v) is 29.9. The van der Waals surface area contributed by atoms with Gasteiger partial charge < -0.3 is 4.90 Å². The van der Waals surface area contributed by atoms with Crippen LogP contribution in [0.4, 0.5) is 17.1 Å². The summed E-state index contributed by atoms with van der Waals surface area (Å²) in [5, 5.41) is 2.65. The highest BCUT2D eigenvalue weighted by atomic mass is 32.1. The lowest BCUT2D eigenvalue weighted by Gasteiger charge is -2.37. The highest BCUT2D eigenvalue weighted by Gasteiger charge is 2.47. The van der Waals surface area contributed by atoms with E-state index in [-0.39, 0.29) is 5.41 Å². The number of nitrogens with zero attached hydrogens (tertiary/aromatic N) is 1. The van der Waals surface area contributed by atoms with Gasteiger partial charge in [-0.25, -0.2) is 0 Å². The highest BCUT2D eigenvalue weighted by molar-refractivity contribution is 7.26. The lowest BCUT2D eigenvalue weighted by molar-refractivity contribution is 0.693. The van der Waals surface area contributed by atoms with E-state index >= 15 is 0 Å². The van der Waals surface area contributed by atoms with Crippen LogP contribution in [0.3, 0.4) is 0 Å². The largest absolute Gasteiger partial charge is 0.310 e. The lowest BCUT2D eigenvalue weighted by atomic mass is 9.65. The fraction of sp³-hybridized carbons (Fsp3) is 0.0800. The molecule has 0 radical (unpaired) electrons. The molecule has 0 aliphatic heterocycles. The fourth-order valence-electron chi connectivity index (χ4n) is 8.85. The summed E-state index contributed by atoms with van der Waals surface area (Å²) in [6, 6.07) is 61.0. The molecule has 2 aliphatic rings. The first-order valence-electron chi connectivity index (χ1n) is 18.2. The molecule has 2 heteroatoms. The molecular formula is C50H37NS. The van der Waals surface area contributed by atoms with Gasteiger partial charge in [0, 0.05) is 37.2 Å². The highest BCUT2D eigenvalue weighted by Crippen LogP contribution is 2.58. The Morgan fingerprint density at radius 3 is 2.13 bits per heavy atom. The van der Waals surface area contributed by atoms with Crippen LogP contribution in [0, 0.1) is 6.92 Å². The van der Waals surface area contributed by atoms with Gasteiger partial charge in [-0.2, -0.15) is 0 Å². The molecule has 0 amide bonds. The average Bonchev–Trinajstić information content (AvgIpc) is 3.73. The van der Waals surface area contributed by atoms with Crippen LogP contribution in [0.5, 0.6) is 0 Å². The second-order valence-electron chi connectivity index (χ2n) is 14.1. The summed E-state index contributed by atoms with van der Waals surface area (Å²) in [5.74, 6) is 0. The van der Waals surface area contributed by atoms with Crippen molar-refractivity contribution in [3.05, 3.63) is 210 Å². The number of benzene rings is 7. The molecule has 1 nitrogen and oxygen atoms in total. The zero-order chi connectivity index (χ0) is 34.6. The maximum atomic E-state index is 2.49. The van der Waals surface area contributed by atoms with Crippen molar-refractivity contribution < 1.29 is 0 Å². The maximum Gasteiger partial charge on any atom is 0.0677 e. The molecule has 0 saturated heterocycles. The number of fused-ring (bicyclic) bond motifs is 6. The summed E-state index contributed by atoms with van der Waals surface area (Å²) >= 11 is 1.89. The first-order chi connectivity index (χ1) is 25.7. The minimum atomic E-state index is -0.384. The first kappa shape index (κ1) is 30.8. The molecule has 10 rings (SSSR count). The molecule has 52 heavy (non-hydrogen) atoms. The summed E-state index contributed by atoms with van der Waals surface area (Å²) in [4.78, 5) is 2.45. The van der Waals surface area contributed by atoms with Crippen molar-refractivity contribution in [2.45, 2.75) is 25.2 Å². The van der Waals surface area contributed by atoms with Crippen LogP contribution in [-0.4, -0.2) is 0 Å². The number of allylic oxidation sites excluding steroid dienone is 4. The maximum absolute atomic E-state index is 2.49. The number of thiophene rings is 1. The molecule has 1 atom stereocenters. The van der Waals surface area contributed by atoms with Gasteiger partial charge in [0.1, 0.15) is 0 Å². The molecule has 248 valence electrons. The van der Waals surface area contributed by atoms with Crippen molar-refractivity contribution in [2.75, 3.05) is 4.90 Å². The predicted molar refractivity (Wildman–Crippen MR) is 222 cm³/mol. The Morgan fingerprint density at radius 1 is 0.558 bits per heavy atom. The third-order valence-electron chi connectivity index (χ3n) is 11.1. The van der Waals surface area contributed by atoms with Gasteiger partial charge >= 0.3 is 0 Å². The summed E-state index contributed by atoms with van der Waals surface area (Å²) in [5.41, 5.74) is 14.9. The average molecular weight is 684 g/mol. The second-order valence-corrected chi connectivity index (χ2v) is 15.1. The van der Waals surface area contributed by atoms with Crippen LogP contribution in [0.1, 0.15) is 35.1 Å². The number of aryl methyl sites for hydroxylation is 1. The van der Waals surface area contributed by atoms with E-state index in [1.807, 2.05) is 11.3 Å². The molecule has 7 aromatic carbocycles. The van der Waals surface area contributed by atoms with Gasteiger partial charge in [0.15, 0.2) is 0 Å². The SMILES string of the molecule is Cc1cccc(N(c2cccc(-c3cccc4c3sc3ccccc34)c2)c2ccc3c(c2)C(C2=CC=CCC2)(c2ccccc2)c2ccccc2-3)c1. The van der Waals surface area contributed by atoms with E-state index in [4.69, 9.17) is 0 Å². The van der Waals surface area contributed by atoms with Crippen molar-refractivity contribution in [1.82, 2.24) is 0 Å². The monoisotopic (exact) mass is 683 g/mol. The fourth-order valence-corrected chi connectivity index (χ4v) is 10.1. The molecule has 0 bridgehead atoms. The molecule has 1 heterocycles. The van der Waals surface area contributed by atoms with Crippen molar-refractivity contribution in [3.8, 4) is 22.3 Å². The lowest BCUT2D eigenvalue weighted by Crippen LogP contribution is -2.30. The number of hydrogen-bond donors (Lipinski definition) is 0. The minimum absolute atomic E-state index is 0.384. The number of anilines is 3. The number of hydrogen-bond acceptors (Lipinski definition) is 2. The van der Waals surface area contributed by atoms with E-state index in [1.54, 1.807) is 0 Å². The molecule has 0 fully saturated rings. The molecule has 1 aromatic heterocycles. The Labute approximate surface area is 309 Å². The van der Waals surface area contributed by atoms with Crippen molar-refractivity contribution in [3.63, 3.8) is 0 Å². The van der Waals surface area contributed by atoms with Gasteiger partial charge in [0.2, 0.25) is 0 Å². The third kappa shape index (κ3) is 4.75. The quantitative estimate of drug-likeness (QED) is 0.169. The zero-order valence-electron chi connectivity index (χ0n) is 29.1. The summed E-state index contributed by atoms with van der Waals surface area (Å²) in [7, 11) is 0. The molecule has 2 aliphatic carbocycles. The van der Waals surface area contributed by atoms with Crippen LogP contribution in [0.2, 0.25) is 0 Å². The van der Waals surface area contributed by atoms with E-state index in [9.17, 15) is 0 Å². The Balaban J connectivity index is 1.20. The van der Waals surface area contributed by atoms with Crippen molar-refractivity contribution in [2.24, 2.45) is 0 Å². The van der Waals surface area contributed by atoms with Crippen LogP contribution in [0.25, 0.3) is 42.4 Å². The van der Waals surface area contributed by atoms with Crippen LogP contribution >= 0.6 is 11.3 Å². The molecule has 0 spiro atoms. The second kappa shape index (κ2) is 12.4. The molecule has 1 unspecified atom stereocenters. The standard InChI is InChI=1S/C50H37NS/c1-34-15-12-21-38(31-34)51(39-22-13-16-35(32-39)41-25-14-26-45-44-24-9-11-28-48(44)52-49(41)45)40-29-30-43-42-23-8-10-27-46(42)50(47(43)33-40,36-17-4-2-5-18-36)37-19-6-3-7-20-37/h2-6,8-19,21-33H,7,20H2,1H3. The van der Waals surface area contributed by atoms with Gasteiger partial charge in [-0.15, -0.1) is 11.3 Å². The molecule has 0 N–H and O–H groups in total. The molecule has 8 aromatic rings. The number of rotatable bonds is 6. The summed E-state index contributed by atoms with van der Waals surface area (Å²) in [6.07, 6.45) is 9.01. The van der Waals surface area contributed by atoms with E-state index in [0.717, 1.165) is 29.9 Å². The summed E-state index contributed by atoms with van der Waals surface area (Å²) in [6.45, 7) is 2.18. The summed E-state index contributed by atoms with van der Waals surface area (Å²) < 4.78 is 2.66. The normalized spacial score (nSPS) is 16.1. The van der Waals surface area contributed by atoms with Crippen LogP contribution in [-0.2, 0) is 5.41 Å². The Kier molecular flexibility index (Phi) is 7.33. The van der Waals surface area contributed by atoms with Crippen molar-refractivity contribution >= 4 is 48.6 Å². The Bertz CT molecular complexity index is 2710. The molecule has 0 saturated carbocycles. The topological polar surface area (TPSA) is 3.24 Å². The predicted octanol–water partition coefficient (Wildman–Crippen LogP) is 14.1. The van der Waals surface area contributed by atoms with E-state index in [0.29, 0.717) is 0 Å². The minimum Gasteiger partial charge on any atom is -0.310 e. The van der Waals surface area contributed by atoms with E-state index in [2.05, 4.69) is 194 Å². The first-order valence-corrected chi connectivity index (χ1v) is 19.1. The Morgan fingerprint density at radius 2 is 1.27 bits per heavy atom. The van der Waals surface area contributed by atoms with Gasteiger partial charge in [-0.1, -0.05) is 145 Å². The van der Waals surface area contributed by atoms with Crippen LogP contribution < -0.4 is 4.90 Å². The van der Waals surface area contributed by atoms with Gasteiger partial charge in [0.05, 0.1) is 5.41 Å². The van der Waals surface area contributed by atoms with Crippen molar-refractivity contribution in [1.29, 1.82) is 0 Å². The molecular weight excluding hydrogens is 647 g/mol. The Hall–Kier alpha value is -5.96. The van der Waals surface area contributed by atoms with E-state index in [1.165, 1.54) is 70.3 Å². The van der Waals surface area contributed by atoms with Crippen LogP contribution in [0.15, 0.2) is 188 Å².